The third kappa shape index (κ3) is 7.04. The Labute approximate surface area is 156 Å². The molecule has 0 saturated carbocycles. The zero-order valence-corrected chi connectivity index (χ0v) is 16.2. The molecule has 0 atom stereocenters. The van der Waals surface area contributed by atoms with Gasteiger partial charge in [-0.1, -0.05) is 32.9 Å². The maximum Gasteiger partial charge on any atom is 0.709 e. The Kier molecular flexibility index (Phi) is 8.01. The van der Waals surface area contributed by atoms with E-state index in [1.165, 1.54) is 20.8 Å². The number of hydrogen-bond acceptors (Lipinski definition) is 6. The van der Waals surface area contributed by atoms with Crippen molar-refractivity contribution < 1.29 is 40.8 Å². The van der Waals surface area contributed by atoms with Crippen molar-refractivity contribution in [3.05, 3.63) is 35.4 Å². The summed E-state index contributed by atoms with van der Waals surface area (Å²) in [4.78, 5) is 35.5. The van der Waals surface area contributed by atoms with E-state index in [2.05, 4.69) is 0 Å². The highest BCUT2D eigenvalue weighted by Gasteiger charge is 2.53. The summed E-state index contributed by atoms with van der Waals surface area (Å²) in [5.74, 6) is -2.25. The second-order valence-corrected chi connectivity index (χ2v) is 7.87. The van der Waals surface area contributed by atoms with Crippen LogP contribution < -0.4 is 0 Å². The fraction of sp³-hybridized carbons (Fsp3) is 0.471. The second-order valence-electron chi connectivity index (χ2n) is 5.54. The van der Waals surface area contributed by atoms with Crippen LogP contribution in [0.1, 0.15) is 51.2 Å². The maximum atomic E-state index is 12.7. The van der Waals surface area contributed by atoms with Crippen LogP contribution in [0.4, 0.5) is 13.2 Å². The summed E-state index contributed by atoms with van der Waals surface area (Å²) >= 11 is 0. The summed E-state index contributed by atoms with van der Waals surface area (Å²) in [6.45, 7) is 4.51. The minimum atomic E-state index is -4.51. The Hall–Kier alpha value is -2.36. The van der Waals surface area contributed by atoms with Crippen molar-refractivity contribution in [1.82, 2.24) is 0 Å². The van der Waals surface area contributed by atoms with Crippen molar-refractivity contribution in [3.8, 4) is 0 Å². The third-order valence-corrected chi connectivity index (χ3v) is 5.83. The summed E-state index contributed by atoms with van der Waals surface area (Å²) in [6, 6.07) is 3.70. The fourth-order valence-corrected chi connectivity index (χ4v) is 4.52. The van der Waals surface area contributed by atoms with E-state index >= 15 is 0 Å². The predicted octanol–water partition coefficient (Wildman–Crippen LogP) is 3.59. The lowest BCUT2D eigenvalue weighted by atomic mass is 10.1. The summed E-state index contributed by atoms with van der Waals surface area (Å²) < 4.78 is 53.8. The van der Waals surface area contributed by atoms with Gasteiger partial charge in [0, 0.05) is 19.3 Å². The molecule has 0 fully saturated rings. The smallest absolute Gasteiger partial charge is 0.455 e. The SMILES string of the molecule is CCC(=O)O[Si](Cc1ccc(C(F)(F)F)cc1)(OC(=O)CC)OC(=O)CC. The zero-order valence-electron chi connectivity index (χ0n) is 15.2. The van der Waals surface area contributed by atoms with Gasteiger partial charge in [0.25, 0.3) is 17.9 Å². The highest BCUT2D eigenvalue weighted by atomic mass is 28.4. The second kappa shape index (κ2) is 9.54. The molecular formula is C17H21F3O6Si. The first-order valence-electron chi connectivity index (χ1n) is 8.36. The van der Waals surface area contributed by atoms with Gasteiger partial charge in [-0.2, -0.15) is 13.2 Å². The molecule has 1 aromatic rings. The standard InChI is InChI=1S/C17H21F3O6Si/c1-4-14(21)24-27(25-15(22)5-2,26-16(23)6-3)11-12-7-9-13(10-8-12)17(18,19)20/h7-10H,4-6,11H2,1-3H3. The van der Waals surface area contributed by atoms with Crippen molar-refractivity contribution in [2.24, 2.45) is 0 Å². The molecule has 0 saturated heterocycles. The number of benzene rings is 1. The van der Waals surface area contributed by atoms with Crippen LogP contribution in [0.2, 0.25) is 0 Å². The molecule has 0 aromatic heterocycles. The highest BCUT2D eigenvalue weighted by Crippen LogP contribution is 2.30. The first-order valence-corrected chi connectivity index (χ1v) is 10.3. The van der Waals surface area contributed by atoms with Gasteiger partial charge >= 0.3 is 15.0 Å². The van der Waals surface area contributed by atoms with Crippen LogP contribution in [0.15, 0.2) is 24.3 Å². The van der Waals surface area contributed by atoms with Gasteiger partial charge in [0.1, 0.15) is 0 Å². The van der Waals surface area contributed by atoms with E-state index in [4.69, 9.17) is 13.3 Å². The van der Waals surface area contributed by atoms with E-state index in [9.17, 15) is 27.6 Å². The van der Waals surface area contributed by atoms with Crippen molar-refractivity contribution >= 4 is 26.7 Å². The topological polar surface area (TPSA) is 78.9 Å². The fourth-order valence-electron chi connectivity index (χ4n) is 1.97. The van der Waals surface area contributed by atoms with E-state index in [-0.39, 0.29) is 30.9 Å². The molecule has 0 aliphatic carbocycles. The molecule has 6 nitrogen and oxygen atoms in total. The lowest BCUT2D eigenvalue weighted by Crippen LogP contribution is -2.52. The molecular weight excluding hydrogens is 385 g/mol. The average molecular weight is 406 g/mol. The first-order chi connectivity index (χ1) is 12.5. The Morgan fingerprint density at radius 1 is 0.815 bits per heavy atom. The lowest BCUT2D eigenvalue weighted by molar-refractivity contribution is -0.150. The molecule has 10 heteroatoms. The lowest BCUT2D eigenvalue weighted by Gasteiger charge is -2.27. The molecule has 0 radical (unpaired) electrons. The van der Waals surface area contributed by atoms with Gasteiger partial charge in [0.2, 0.25) is 0 Å². The molecule has 0 N–H and O–H groups in total. The molecule has 0 unspecified atom stereocenters. The average Bonchev–Trinajstić information content (AvgIpc) is 2.60. The van der Waals surface area contributed by atoms with Crippen LogP contribution >= 0.6 is 0 Å². The molecule has 150 valence electrons. The maximum absolute atomic E-state index is 12.7. The van der Waals surface area contributed by atoms with Gasteiger partial charge in [-0.05, 0) is 17.7 Å². The number of alkyl halides is 3. The molecule has 0 amide bonds. The van der Waals surface area contributed by atoms with E-state index in [1.807, 2.05) is 0 Å². The third-order valence-electron chi connectivity index (χ3n) is 3.38. The minimum absolute atomic E-state index is 0.0604. The van der Waals surface area contributed by atoms with Crippen LogP contribution in [0.25, 0.3) is 0 Å². The van der Waals surface area contributed by atoms with E-state index in [0.717, 1.165) is 24.3 Å². The van der Waals surface area contributed by atoms with Gasteiger partial charge < -0.3 is 13.3 Å². The molecule has 0 aliphatic rings. The van der Waals surface area contributed by atoms with Gasteiger partial charge in [-0.25, -0.2) is 0 Å². The van der Waals surface area contributed by atoms with Crippen LogP contribution in [-0.2, 0) is 39.9 Å². The number of halogens is 3. The molecule has 0 aliphatic heterocycles. The van der Waals surface area contributed by atoms with E-state index < -0.39 is 38.5 Å². The first kappa shape index (κ1) is 22.7. The molecule has 1 aromatic carbocycles. The largest absolute Gasteiger partial charge is 0.709 e. The molecule has 0 heterocycles. The molecule has 0 bridgehead atoms. The summed E-state index contributed by atoms with van der Waals surface area (Å²) in [5, 5.41) is 0. The van der Waals surface area contributed by atoms with Crippen molar-refractivity contribution in [2.45, 2.75) is 52.3 Å². The van der Waals surface area contributed by atoms with Crippen LogP contribution in [0.5, 0.6) is 0 Å². The van der Waals surface area contributed by atoms with Crippen molar-refractivity contribution in [1.29, 1.82) is 0 Å². The molecule has 0 spiro atoms. The summed E-state index contributed by atoms with van der Waals surface area (Å²) in [6.07, 6.45) is -4.69. The monoisotopic (exact) mass is 406 g/mol. The van der Waals surface area contributed by atoms with Crippen molar-refractivity contribution in [3.63, 3.8) is 0 Å². The molecule has 27 heavy (non-hydrogen) atoms. The van der Waals surface area contributed by atoms with Crippen molar-refractivity contribution in [2.75, 3.05) is 0 Å². The highest BCUT2D eigenvalue weighted by molar-refractivity contribution is 6.65. The number of hydrogen-bond donors (Lipinski definition) is 0. The Balaban J connectivity index is 3.25. The minimum Gasteiger partial charge on any atom is -0.455 e. The van der Waals surface area contributed by atoms with Crippen LogP contribution in [0.3, 0.4) is 0 Å². The predicted molar refractivity (Wildman–Crippen MR) is 90.1 cm³/mol. The normalized spacial score (nSPS) is 11.6. The Morgan fingerprint density at radius 2 is 1.19 bits per heavy atom. The Bertz CT molecular complexity index is 627. The number of carbonyl (C=O) groups excluding carboxylic acids is 3. The van der Waals surface area contributed by atoms with Crippen LogP contribution in [-0.4, -0.2) is 26.7 Å². The van der Waals surface area contributed by atoms with Gasteiger partial charge in [-0.15, -0.1) is 0 Å². The number of carbonyl (C=O) groups is 3. The quantitative estimate of drug-likeness (QED) is 0.614. The van der Waals surface area contributed by atoms with Gasteiger partial charge in [-0.3, -0.25) is 14.4 Å². The van der Waals surface area contributed by atoms with Gasteiger partial charge in [0.15, 0.2) is 0 Å². The zero-order chi connectivity index (χ0) is 20.7. The molecule has 1 rings (SSSR count). The Morgan fingerprint density at radius 3 is 1.48 bits per heavy atom. The van der Waals surface area contributed by atoms with E-state index in [1.54, 1.807) is 0 Å². The van der Waals surface area contributed by atoms with Gasteiger partial charge in [0.05, 0.1) is 11.6 Å². The van der Waals surface area contributed by atoms with Crippen LogP contribution in [0, 0.1) is 0 Å². The van der Waals surface area contributed by atoms with E-state index in [0.29, 0.717) is 0 Å². The summed E-state index contributed by atoms with van der Waals surface area (Å²) in [5.41, 5.74) is -0.591. The number of rotatable bonds is 8. The summed E-state index contributed by atoms with van der Waals surface area (Å²) in [7, 11) is -4.18.